The van der Waals surface area contributed by atoms with Crippen LogP contribution in [0.2, 0.25) is 10.0 Å². The Labute approximate surface area is 128 Å². The van der Waals surface area contributed by atoms with Crippen LogP contribution >= 0.6 is 23.2 Å². The third kappa shape index (κ3) is 3.87. The Bertz CT molecular complexity index is 544. The van der Waals surface area contributed by atoms with Crippen molar-refractivity contribution >= 4 is 29.0 Å². The monoisotopic (exact) mass is 318 g/mol. The van der Waals surface area contributed by atoms with Gasteiger partial charge < -0.3 is 10.5 Å². The van der Waals surface area contributed by atoms with Gasteiger partial charge in [0.2, 0.25) is 0 Å². The molecule has 0 aliphatic carbocycles. The second-order valence-electron chi connectivity index (χ2n) is 4.10. The fourth-order valence-corrected chi connectivity index (χ4v) is 2.35. The minimum absolute atomic E-state index is 0.0483. The van der Waals surface area contributed by atoms with E-state index < -0.39 is 11.9 Å². The van der Waals surface area contributed by atoms with Crippen molar-refractivity contribution in [3.05, 3.63) is 45.4 Å². The van der Waals surface area contributed by atoms with Gasteiger partial charge in [-0.05, 0) is 31.6 Å². The Morgan fingerprint density at radius 3 is 2.70 bits per heavy atom. The number of halogens is 3. The minimum Gasteiger partial charge on any atom is -0.482 e. The number of hydrogen-bond donors (Lipinski definition) is 1. The van der Waals surface area contributed by atoms with Crippen molar-refractivity contribution in [3.63, 3.8) is 0 Å². The van der Waals surface area contributed by atoms with E-state index in [0.29, 0.717) is 16.3 Å². The summed E-state index contributed by atoms with van der Waals surface area (Å²) in [6.45, 7) is 3.66. The summed E-state index contributed by atoms with van der Waals surface area (Å²) in [5, 5.41) is 0.291. The van der Waals surface area contributed by atoms with Gasteiger partial charge in [-0.3, -0.25) is 4.99 Å². The first-order valence-electron chi connectivity index (χ1n) is 6.15. The van der Waals surface area contributed by atoms with Crippen LogP contribution in [0.3, 0.4) is 0 Å². The summed E-state index contributed by atoms with van der Waals surface area (Å²) >= 11 is 12.0. The Morgan fingerprint density at radius 1 is 1.50 bits per heavy atom. The lowest BCUT2D eigenvalue weighted by Gasteiger charge is -2.19. The lowest BCUT2D eigenvalue weighted by Crippen LogP contribution is -2.18. The molecule has 3 nitrogen and oxygen atoms in total. The van der Waals surface area contributed by atoms with Gasteiger partial charge in [-0.2, -0.15) is 0 Å². The van der Waals surface area contributed by atoms with Crippen LogP contribution in [0.25, 0.3) is 0 Å². The average molecular weight is 319 g/mol. The van der Waals surface area contributed by atoms with Gasteiger partial charge in [0.25, 0.3) is 0 Å². The highest BCUT2D eigenvalue weighted by atomic mass is 35.5. The van der Waals surface area contributed by atoms with Crippen LogP contribution in [0.15, 0.2) is 29.0 Å². The number of aliphatic imine (C=N–C) groups is 1. The number of nitrogens with two attached hydrogens (primary N) is 1. The number of ether oxygens (including phenoxy) is 1. The molecule has 0 spiro atoms. The van der Waals surface area contributed by atoms with Gasteiger partial charge in [0, 0.05) is 17.6 Å². The molecule has 0 amide bonds. The number of hydrogen-bond acceptors (Lipinski definition) is 2. The highest BCUT2D eigenvalue weighted by Crippen LogP contribution is 2.35. The summed E-state index contributed by atoms with van der Waals surface area (Å²) in [6, 6.07) is 2.66. The fraction of sp³-hybridized carbons (Fsp3) is 0.357. The molecular weight excluding hydrogens is 302 g/mol. The molecule has 1 rings (SSSR count). The van der Waals surface area contributed by atoms with E-state index in [1.54, 1.807) is 20.0 Å². The molecule has 0 heterocycles. The van der Waals surface area contributed by atoms with Gasteiger partial charge in [-0.25, -0.2) is 4.39 Å². The zero-order chi connectivity index (χ0) is 15.3. The molecule has 2 N–H and O–H groups in total. The highest BCUT2D eigenvalue weighted by molar-refractivity contribution is 6.36. The topological polar surface area (TPSA) is 47.6 Å². The second-order valence-corrected chi connectivity index (χ2v) is 4.89. The van der Waals surface area contributed by atoms with E-state index in [-0.39, 0.29) is 10.9 Å². The predicted octanol–water partition coefficient (Wildman–Crippen LogP) is 4.49. The van der Waals surface area contributed by atoms with Crippen LogP contribution in [0, 0.1) is 5.82 Å². The maximum atomic E-state index is 13.5. The van der Waals surface area contributed by atoms with E-state index in [1.807, 2.05) is 6.92 Å². The fourth-order valence-electron chi connectivity index (χ4n) is 1.67. The van der Waals surface area contributed by atoms with E-state index in [0.717, 1.165) is 6.42 Å². The van der Waals surface area contributed by atoms with Crippen molar-refractivity contribution < 1.29 is 9.13 Å². The van der Waals surface area contributed by atoms with Crippen LogP contribution < -0.4 is 5.73 Å². The summed E-state index contributed by atoms with van der Waals surface area (Å²) in [4.78, 5) is 3.88. The summed E-state index contributed by atoms with van der Waals surface area (Å²) in [5.74, 6) is 0.154. The summed E-state index contributed by atoms with van der Waals surface area (Å²) in [7, 11) is 1.56. The van der Waals surface area contributed by atoms with Crippen molar-refractivity contribution in [1.82, 2.24) is 0 Å². The molecule has 1 aromatic rings. The zero-order valence-electron chi connectivity index (χ0n) is 11.6. The standard InChI is InChI=1S/C14H17Cl2FN2O/c1-4-5-11(14(18)19-3)20-8(2)12-9(15)6-7-10(17)13(12)16/h5-8H,4H2,1-3H3,(H2,18,19)/b11-5+/t8-/m1/s1. The number of rotatable bonds is 5. The lowest BCUT2D eigenvalue weighted by atomic mass is 10.1. The molecule has 1 atom stereocenters. The van der Waals surface area contributed by atoms with Crippen LogP contribution in [-0.4, -0.2) is 12.9 Å². The molecule has 6 heteroatoms. The summed E-state index contributed by atoms with van der Waals surface area (Å²) in [5.41, 5.74) is 6.14. The molecule has 0 aromatic heterocycles. The first-order valence-corrected chi connectivity index (χ1v) is 6.90. The first kappa shape index (κ1) is 16.8. The quantitative estimate of drug-likeness (QED) is 0.376. The molecular formula is C14H17Cl2FN2O. The molecule has 0 aliphatic rings. The molecule has 110 valence electrons. The molecule has 0 fully saturated rings. The predicted molar refractivity (Wildman–Crippen MR) is 81.8 cm³/mol. The normalized spacial score (nSPS) is 14.3. The molecule has 0 bridgehead atoms. The van der Waals surface area contributed by atoms with Crippen LogP contribution in [0.5, 0.6) is 0 Å². The summed E-state index contributed by atoms with van der Waals surface area (Å²) in [6.07, 6.45) is 1.96. The number of benzene rings is 1. The SMILES string of the molecule is CC/C=C(/O[C@H](C)c1c(Cl)ccc(F)c1Cl)C(N)=NC. The third-order valence-electron chi connectivity index (χ3n) is 2.67. The lowest BCUT2D eigenvalue weighted by molar-refractivity contribution is 0.147. The average Bonchev–Trinajstić information content (AvgIpc) is 2.42. The van der Waals surface area contributed by atoms with Crippen molar-refractivity contribution in [3.8, 4) is 0 Å². The third-order valence-corrected chi connectivity index (χ3v) is 3.39. The van der Waals surface area contributed by atoms with Crippen LogP contribution in [0.4, 0.5) is 4.39 Å². The van der Waals surface area contributed by atoms with E-state index in [2.05, 4.69) is 4.99 Å². The van der Waals surface area contributed by atoms with Crippen molar-refractivity contribution in [2.75, 3.05) is 7.05 Å². The molecule has 1 aromatic carbocycles. The minimum atomic E-state index is -0.552. The Hall–Kier alpha value is -1.26. The smallest absolute Gasteiger partial charge is 0.160 e. The number of nitrogens with zero attached hydrogens (tertiary/aromatic N) is 1. The van der Waals surface area contributed by atoms with Crippen molar-refractivity contribution in [1.29, 1.82) is 0 Å². The molecule has 0 saturated heterocycles. The van der Waals surface area contributed by atoms with Gasteiger partial charge in [-0.1, -0.05) is 30.1 Å². The van der Waals surface area contributed by atoms with E-state index in [9.17, 15) is 4.39 Å². The van der Waals surface area contributed by atoms with Gasteiger partial charge in [-0.15, -0.1) is 0 Å². The Kier molecular flexibility index (Phi) is 6.30. The number of allylic oxidation sites excluding steroid dienone is 1. The van der Waals surface area contributed by atoms with Gasteiger partial charge in [0.05, 0.1) is 5.02 Å². The molecule has 0 radical (unpaired) electrons. The van der Waals surface area contributed by atoms with Crippen LogP contribution in [0.1, 0.15) is 31.9 Å². The Balaban J connectivity index is 3.10. The zero-order valence-corrected chi connectivity index (χ0v) is 13.1. The molecule has 0 saturated carbocycles. The van der Waals surface area contributed by atoms with Gasteiger partial charge >= 0.3 is 0 Å². The molecule has 0 unspecified atom stereocenters. The summed E-state index contributed by atoms with van der Waals surface area (Å²) < 4.78 is 19.2. The van der Waals surface area contributed by atoms with Crippen LogP contribution in [-0.2, 0) is 4.74 Å². The van der Waals surface area contributed by atoms with Crippen molar-refractivity contribution in [2.24, 2.45) is 10.7 Å². The van der Waals surface area contributed by atoms with E-state index >= 15 is 0 Å². The van der Waals surface area contributed by atoms with Gasteiger partial charge in [0.15, 0.2) is 11.6 Å². The second kappa shape index (κ2) is 7.50. The van der Waals surface area contributed by atoms with Crippen molar-refractivity contribution in [2.45, 2.75) is 26.4 Å². The maximum absolute atomic E-state index is 13.5. The molecule has 0 aliphatic heterocycles. The van der Waals surface area contributed by atoms with Gasteiger partial charge in [0.1, 0.15) is 11.9 Å². The Morgan fingerprint density at radius 2 is 2.15 bits per heavy atom. The van der Waals surface area contributed by atoms with E-state index in [4.69, 9.17) is 33.7 Å². The highest BCUT2D eigenvalue weighted by Gasteiger charge is 2.20. The first-order chi connectivity index (χ1) is 9.42. The maximum Gasteiger partial charge on any atom is 0.160 e. The van der Waals surface area contributed by atoms with E-state index in [1.165, 1.54) is 12.1 Å². The molecule has 20 heavy (non-hydrogen) atoms. The largest absolute Gasteiger partial charge is 0.482 e. The number of amidine groups is 1.